The van der Waals surface area contributed by atoms with Crippen LogP contribution in [0.5, 0.6) is 0 Å². The molecule has 3 rings (SSSR count). The maximum absolute atomic E-state index is 13.6. The van der Waals surface area contributed by atoms with E-state index in [0.717, 1.165) is 16.3 Å². The fourth-order valence-electron chi connectivity index (χ4n) is 3.66. The number of aryl methyl sites for hydroxylation is 1. The summed E-state index contributed by atoms with van der Waals surface area (Å²) in [4.78, 5) is 18.1. The van der Waals surface area contributed by atoms with Crippen molar-refractivity contribution in [3.8, 4) is 0 Å². The number of nitrogens with one attached hydrogen (secondary N) is 1. The molecule has 0 spiro atoms. The topological polar surface area (TPSA) is 70.4 Å². The molecule has 1 aromatic carbocycles. The van der Waals surface area contributed by atoms with Gasteiger partial charge >= 0.3 is 6.18 Å². The van der Waals surface area contributed by atoms with E-state index in [0.29, 0.717) is 32.5 Å². The number of imidazole rings is 1. The van der Waals surface area contributed by atoms with Gasteiger partial charge in [-0.1, -0.05) is 12.1 Å². The zero-order valence-electron chi connectivity index (χ0n) is 16.5. The van der Waals surface area contributed by atoms with E-state index in [1.165, 1.54) is 25.4 Å². The molecule has 2 heterocycles. The summed E-state index contributed by atoms with van der Waals surface area (Å²) in [5.41, 5.74) is -2.40. The first-order valence-electron chi connectivity index (χ1n) is 9.61. The lowest BCUT2D eigenvalue weighted by Gasteiger charge is -2.34. The molecular weight excluding hydrogens is 404 g/mol. The molecule has 0 bridgehead atoms. The zero-order valence-corrected chi connectivity index (χ0v) is 16.5. The van der Waals surface area contributed by atoms with E-state index in [2.05, 4.69) is 15.2 Å². The van der Waals surface area contributed by atoms with Crippen LogP contribution >= 0.6 is 0 Å². The van der Waals surface area contributed by atoms with Crippen LogP contribution < -0.4 is 5.32 Å². The number of hydrogen-bond acceptors (Lipinski definition) is 4. The molecule has 1 amide bonds. The minimum atomic E-state index is -5.05. The summed E-state index contributed by atoms with van der Waals surface area (Å²) in [5, 5.41) is 12.9. The Morgan fingerprint density at radius 3 is 2.40 bits per heavy atom. The van der Waals surface area contributed by atoms with Crippen LogP contribution in [-0.4, -0.2) is 50.8 Å². The van der Waals surface area contributed by atoms with Crippen molar-refractivity contribution in [3.05, 3.63) is 53.9 Å². The van der Waals surface area contributed by atoms with Crippen LogP contribution in [0.2, 0.25) is 0 Å². The molecule has 10 heteroatoms. The molecule has 1 atom stereocenters. The number of rotatable bonds is 6. The molecule has 6 nitrogen and oxygen atoms in total. The van der Waals surface area contributed by atoms with Gasteiger partial charge in [0.05, 0.1) is 6.42 Å². The molecule has 1 aliphatic rings. The van der Waals surface area contributed by atoms with Gasteiger partial charge in [0.1, 0.15) is 5.82 Å². The average Bonchev–Trinajstić information content (AvgIpc) is 3.10. The first-order valence-corrected chi connectivity index (χ1v) is 9.61. The molecule has 0 radical (unpaired) electrons. The average molecular weight is 428 g/mol. The SMILES string of the molecule is Cn1ccnc1C(O)(CC(=O)NC1CCN(Cc2ccc(F)cc2)CC1)C(F)(F)F. The van der Waals surface area contributed by atoms with Gasteiger partial charge in [0.15, 0.2) is 5.82 Å². The smallest absolute Gasteiger partial charge is 0.374 e. The van der Waals surface area contributed by atoms with Crippen LogP contribution in [0.3, 0.4) is 0 Å². The number of aromatic nitrogens is 2. The monoisotopic (exact) mass is 428 g/mol. The third-order valence-corrected chi connectivity index (χ3v) is 5.35. The lowest BCUT2D eigenvalue weighted by atomic mass is 9.96. The molecule has 1 aromatic heterocycles. The lowest BCUT2D eigenvalue weighted by molar-refractivity contribution is -0.271. The van der Waals surface area contributed by atoms with Gasteiger partial charge in [-0.3, -0.25) is 9.69 Å². The van der Waals surface area contributed by atoms with E-state index in [-0.39, 0.29) is 11.9 Å². The second-order valence-electron chi connectivity index (χ2n) is 7.64. The molecule has 2 N–H and O–H groups in total. The molecule has 30 heavy (non-hydrogen) atoms. The molecule has 0 saturated carbocycles. The van der Waals surface area contributed by atoms with Crippen molar-refractivity contribution in [2.24, 2.45) is 7.05 Å². The van der Waals surface area contributed by atoms with Crippen molar-refractivity contribution in [1.29, 1.82) is 0 Å². The van der Waals surface area contributed by atoms with Crippen molar-refractivity contribution in [1.82, 2.24) is 19.8 Å². The van der Waals surface area contributed by atoms with E-state index in [1.807, 2.05) is 0 Å². The molecule has 1 unspecified atom stereocenters. The Kier molecular flexibility index (Phi) is 6.47. The minimum absolute atomic E-state index is 0.277. The number of likely N-dealkylation sites (tertiary alicyclic amines) is 1. The minimum Gasteiger partial charge on any atom is -0.374 e. The Bertz CT molecular complexity index is 860. The number of hydrogen-bond donors (Lipinski definition) is 2. The van der Waals surface area contributed by atoms with Crippen LogP contribution in [-0.2, 0) is 24.0 Å². The fourth-order valence-corrected chi connectivity index (χ4v) is 3.66. The Morgan fingerprint density at radius 1 is 1.23 bits per heavy atom. The molecule has 164 valence electrons. The van der Waals surface area contributed by atoms with E-state index in [1.54, 1.807) is 12.1 Å². The van der Waals surface area contributed by atoms with Crippen molar-refractivity contribution < 1.29 is 27.5 Å². The maximum atomic E-state index is 13.6. The first-order chi connectivity index (χ1) is 14.1. The van der Waals surface area contributed by atoms with Crippen LogP contribution in [0.4, 0.5) is 17.6 Å². The summed E-state index contributed by atoms with van der Waals surface area (Å²) >= 11 is 0. The number of carbonyl (C=O) groups excluding carboxylic acids is 1. The number of benzene rings is 1. The predicted octanol–water partition coefficient (Wildman–Crippen LogP) is 2.48. The number of amides is 1. The van der Waals surface area contributed by atoms with Crippen molar-refractivity contribution in [2.45, 2.75) is 43.6 Å². The van der Waals surface area contributed by atoms with Crippen LogP contribution in [0.1, 0.15) is 30.7 Å². The molecule has 2 aromatic rings. The van der Waals surface area contributed by atoms with Crippen LogP contribution in [0, 0.1) is 5.82 Å². The summed E-state index contributed by atoms with van der Waals surface area (Å²) in [7, 11) is 1.33. The fraction of sp³-hybridized carbons (Fsp3) is 0.500. The first kappa shape index (κ1) is 22.2. The Morgan fingerprint density at radius 2 is 1.87 bits per heavy atom. The van der Waals surface area contributed by atoms with Crippen LogP contribution in [0.15, 0.2) is 36.7 Å². The van der Waals surface area contributed by atoms with Gasteiger partial charge < -0.3 is 15.0 Å². The largest absolute Gasteiger partial charge is 0.425 e. The Balaban J connectivity index is 1.55. The third kappa shape index (κ3) is 4.99. The quantitative estimate of drug-likeness (QED) is 0.694. The van der Waals surface area contributed by atoms with Gasteiger partial charge in [0.2, 0.25) is 11.5 Å². The highest BCUT2D eigenvalue weighted by Crippen LogP contribution is 2.40. The molecule has 0 aliphatic carbocycles. The number of alkyl halides is 3. The van der Waals surface area contributed by atoms with E-state index in [4.69, 9.17) is 0 Å². The van der Waals surface area contributed by atoms with Gasteiger partial charge in [-0.2, -0.15) is 13.2 Å². The highest BCUT2D eigenvalue weighted by molar-refractivity contribution is 5.77. The van der Waals surface area contributed by atoms with Crippen LogP contribution in [0.25, 0.3) is 0 Å². The number of piperidine rings is 1. The van der Waals surface area contributed by atoms with Gasteiger partial charge in [-0.05, 0) is 30.5 Å². The summed E-state index contributed by atoms with van der Waals surface area (Å²) in [6.45, 7) is 1.92. The summed E-state index contributed by atoms with van der Waals surface area (Å²) < 4.78 is 54.7. The summed E-state index contributed by atoms with van der Waals surface area (Å²) in [6.07, 6.45) is -2.65. The van der Waals surface area contributed by atoms with Crippen molar-refractivity contribution in [2.75, 3.05) is 13.1 Å². The lowest BCUT2D eigenvalue weighted by Crippen LogP contribution is -2.50. The number of aliphatic hydroxyl groups is 1. The molecule has 1 fully saturated rings. The molecule has 1 saturated heterocycles. The molecular formula is C20H24F4N4O2. The predicted molar refractivity (Wildman–Crippen MR) is 101 cm³/mol. The number of nitrogens with zero attached hydrogens (tertiary/aromatic N) is 3. The van der Waals surface area contributed by atoms with Gasteiger partial charge in [-0.15, -0.1) is 0 Å². The second kappa shape index (κ2) is 8.73. The number of carbonyl (C=O) groups is 1. The standard InChI is InChI=1S/C20H24F4N4O2/c1-27-11-8-25-18(27)19(30,20(22,23)24)12-17(29)26-16-6-9-28(10-7-16)13-14-2-4-15(21)5-3-14/h2-5,8,11,16,30H,6-7,9-10,12-13H2,1H3,(H,26,29). The molecule has 1 aliphatic heterocycles. The maximum Gasteiger partial charge on any atom is 0.425 e. The highest BCUT2D eigenvalue weighted by atomic mass is 19.4. The van der Waals surface area contributed by atoms with Gasteiger partial charge in [0.25, 0.3) is 0 Å². The van der Waals surface area contributed by atoms with E-state index < -0.39 is 29.9 Å². The van der Waals surface area contributed by atoms with Gasteiger partial charge in [0, 0.05) is 45.1 Å². The third-order valence-electron chi connectivity index (χ3n) is 5.35. The van der Waals surface area contributed by atoms with Gasteiger partial charge in [-0.25, -0.2) is 9.37 Å². The highest BCUT2D eigenvalue weighted by Gasteiger charge is 2.58. The summed E-state index contributed by atoms with van der Waals surface area (Å²) in [6, 6.07) is 5.93. The van der Waals surface area contributed by atoms with E-state index in [9.17, 15) is 27.5 Å². The zero-order chi connectivity index (χ0) is 21.9. The summed E-state index contributed by atoms with van der Waals surface area (Å²) in [5.74, 6) is -1.81. The number of halogens is 4. The van der Waals surface area contributed by atoms with Crippen molar-refractivity contribution >= 4 is 5.91 Å². The Labute approximate surface area is 171 Å². The second-order valence-corrected chi connectivity index (χ2v) is 7.64. The normalized spacial score (nSPS) is 18.2. The van der Waals surface area contributed by atoms with E-state index >= 15 is 0 Å². The van der Waals surface area contributed by atoms with Crippen molar-refractivity contribution in [3.63, 3.8) is 0 Å². The Hall–Kier alpha value is -2.46.